The van der Waals surface area contributed by atoms with Crippen molar-refractivity contribution in [3.8, 4) is 0 Å². The van der Waals surface area contributed by atoms with E-state index in [1.165, 1.54) is 12.4 Å². The summed E-state index contributed by atoms with van der Waals surface area (Å²) in [6, 6.07) is 5.03. The fourth-order valence-electron chi connectivity index (χ4n) is 3.80. The van der Waals surface area contributed by atoms with E-state index in [4.69, 9.17) is 4.74 Å². The molecule has 10 nitrogen and oxygen atoms in total. The predicted molar refractivity (Wildman–Crippen MR) is 100 cm³/mol. The summed E-state index contributed by atoms with van der Waals surface area (Å²) in [6.07, 6.45) is 4.88. The highest BCUT2D eigenvalue weighted by Crippen LogP contribution is 2.33. The number of anilines is 1. The number of nitro benzene ring substituents is 1. The number of hydrogen-bond donors (Lipinski definition) is 0. The number of ether oxygens (including phenoxy) is 1. The topological polar surface area (TPSA) is 107 Å². The highest BCUT2D eigenvalue weighted by Gasteiger charge is 2.28. The Morgan fingerprint density at radius 3 is 2.57 bits per heavy atom. The quantitative estimate of drug-likeness (QED) is 0.579. The van der Waals surface area contributed by atoms with Gasteiger partial charge in [0.25, 0.3) is 11.6 Å². The Morgan fingerprint density at radius 2 is 1.93 bits per heavy atom. The average molecular weight is 386 g/mol. The van der Waals surface area contributed by atoms with Gasteiger partial charge in [0, 0.05) is 37.8 Å². The third-order valence-corrected chi connectivity index (χ3v) is 5.33. The van der Waals surface area contributed by atoms with Gasteiger partial charge in [-0.05, 0) is 25.0 Å². The molecule has 0 spiro atoms. The van der Waals surface area contributed by atoms with Crippen LogP contribution in [0.3, 0.4) is 0 Å². The first kappa shape index (κ1) is 18.4. The van der Waals surface area contributed by atoms with E-state index >= 15 is 0 Å². The Kier molecular flexibility index (Phi) is 5.20. The Balaban J connectivity index is 1.51. The van der Waals surface area contributed by atoms with Crippen molar-refractivity contribution in [1.29, 1.82) is 0 Å². The molecule has 3 heterocycles. The zero-order valence-corrected chi connectivity index (χ0v) is 15.4. The van der Waals surface area contributed by atoms with Crippen molar-refractivity contribution < 1.29 is 14.5 Å². The van der Waals surface area contributed by atoms with E-state index in [1.807, 2.05) is 9.58 Å². The molecular weight excluding hydrogens is 364 g/mol. The average Bonchev–Trinajstić information content (AvgIpc) is 3.28. The van der Waals surface area contributed by atoms with Crippen molar-refractivity contribution in [1.82, 2.24) is 19.7 Å². The maximum Gasteiger partial charge on any atom is 0.293 e. The number of nitro groups is 1. The van der Waals surface area contributed by atoms with E-state index < -0.39 is 4.92 Å². The molecule has 0 atom stereocenters. The molecule has 0 radical (unpaired) electrons. The second-order valence-corrected chi connectivity index (χ2v) is 6.96. The lowest BCUT2D eigenvalue weighted by Crippen LogP contribution is -2.40. The van der Waals surface area contributed by atoms with E-state index in [-0.39, 0.29) is 17.6 Å². The summed E-state index contributed by atoms with van der Waals surface area (Å²) >= 11 is 0. The second-order valence-electron chi connectivity index (χ2n) is 6.96. The molecule has 2 aliphatic heterocycles. The molecule has 0 aliphatic carbocycles. The molecule has 28 heavy (non-hydrogen) atoms. The predicted octanol–water partition coefficient (Wildman–Crippen LogP) is 1.50. The molecule has 2 fully saturated rings. The molecule has 0 bridgehead atoms. The molecule has 2 saturated heterocycles. The van der Waals surface area contributed by atoms with Gasteiger partial charge in [0.15, 0.2) is 0 Å². The lowest BCUT2D eigenvalue weighted by atomic mass is 10.0. The standard InChI is InChI=1S/C18H22N6O4/c25-18(22-7-9-28-10-8-22)14-1-2-16(17(11-14)24(26)27)21-5-3-15(4-6-21)23-13-19-12-20-23/h1-2,11-13,15H,3-10H2. The Bertz CT molecular complexity index is 842. The van der Waals surface area contributed by atoms with Gasteiger partial charge in [0.2, 0.25) is 0 Å². The minimum absolute atomic E-state index is 0.0293. The smallest absolute Gasteiger partial charge is 0.293 e. The van der Waals surface area contributed by atoms with Crippen molar-refractivity contribution >= 4 is 17.3 Å². The van der Waals surface area contributed by atoms with Crippen LogP contribution in [0.25, 0.3) is 0 Å². The summed E-state index contributed by atoms with van der Waals surface area (Å²) in [5.41, 5.74) is 0.869. The van der Waals surface area contributed by atoms with Crippen LogP contribution >= 0.6 is 0 Å². The molecule has 4 rings (SSSR count). The molecule has 0 unspecified atom stereocenters. The third kappa shape index (κ3) is 3.68. The molecule has 0 N–H and O–H groups in total. The number of morpholine rings is 1. The first-order chi connectivity index (χ1) is 13.6. The first-order valence-corrected chi connectivity index (χ1v) is 9.38. The molecule has 0 saturated carbocycles. The molecule has 1 amide bonds. The van der Waals surface area contributed by atoms with Crippen LogP contribution in [0.4, 0.5) is 11.4 Å². The van der Waals surface area contributed by atoms with E-state index in [1.54, 1.807) is 23.4 Å². The van der Waals surface area contributed by atoms with Gasteiger partial charge in [0.1, 0.15) is 18.3 Å². The first-order valence-electron chi connectivity index (χ1n) is 9.38. The minimum Gasteiger partial charge on any atom is -0.378 e. The number of aromatic nitrogens is 3. The van der Waals surface area contributed by atoms with E-state index in [0.29, 0.717) is 50.6 Å². The van der Waals surface area contributed by atoms with Crippen molar-refractivity contribution in [3.63, 3.8) is 0 Å². The molecule has 2 aromatic rings. The number of piperidine rings is 1. The summed E-state index contributed by atoms with van der Waals surface area (Å²) in [4.78, 5) is 31.6. The summed E-state index contributed by atoms with van der Waals surface area (Å²) in [5, 5.41) is 15.9. The Hall–Kier alpha value is -3.01. The number of hydrogen-bond acceptors (Lipinski definition) is 7. The van der Waals surface area contributed by atoms with Gasteiger partial charge in [-0.3, -0.25) is 14.9 Å². The molecule has 1 aromatic carbocycles. The van der Waals surface area contributed by atoms with Gasteiger partial charge in [-0.2, -0.15) is 5.10 Å². The molecule has 1 aromatic heterocycles. The third-order valence-electron chi connectivity index (χ3n) is 5.33. The molecule has 2 aliphatic rings. The van der Waals surface area contributed by atoms with E-state index in [9.17, 15) is 14.9 Å². The van der Waals surface area contributed by atoms with Crippen LogP contribution in [-0.2, 0) is 4.74 Å². The van der Waals surface area contributed by atoms with Crippen LogP contribution < -0.4 is 4.90 Å². The highest BCUT2D eigenvalue weighted by molar-refractivity contribution is 5.96. The van der Waals surface area contributed by atoms with Crippen LogP contribution in [0, 0.1) is 10.1 Å². The SMILES string of the molecule is O=C(c1ccc(N2CCC(n3cncn3)CC2)c([N+](=O)[O-])c1)N1CCOCC1. The van der Waals surface area contributed by atoms with Crippen molar-refractivity contribution in [2.75, 3.05) is 44.3 Å². The van der Waals surface area contributed by atoms with Crippen LogP contribution in [0.5, 0.6) is 0 Å². The van der Waals surface area contributed by atoms with Gasteiger partial charge in [-0.1, -0.05) is 0 Å². The maximum absolute atomic E-state index is 12.7. The largest absolute Gasteiger partial charge is 0.378 e. The number of nitrogens with zero attached hydrogens (tertiary/aromatic N) is 6. The minimum atomic E-state index is -0.408. The lowest BCUT2D eigenvalue weighted by molar-refractivity contribution is -0.384. The van der Waals surface area contributed by atoms with Gasteiger partial charge in [-0.25, -0.2) is 9.67 Å². The summed E-state index contributed by atoms with van der Waals surface area (Å²) in [6.45, 7) is 3.36. The van der Waals surface area contributed by atoms with E-state index in [0.717, 1.165) is 12.8 Å². The van der Waals surface area contributed by atoms with Crippen LogP contribution in [0.15, 0.2) is 30.9 Å². The number of amides is 1. The fourth-order valence-corrected chi connectivity index (χ4v) is 3.80. The normalized spacial score (nSPS) is 18.3. The molecule has 10 heteroatoms. The zero-order chi connectivity index (χ0) is 19.5. The van der Waals surface area contributed by atoms with Crippen LogP contribution in [0.2, 0.25) is 0 Å². The van der Waals surface area contributed by atoms with Gasteiger partial charge in [-0.15, -0.1) is 0 Å². The molecule has 148 valence electrons. The number of benzene rings is 1. The number of rotatable bonds is 4. The Morgan fingerprint density at radius 1 is 1.18 bits per heavy atom. The zero-order valence-electron chi connectivity index (χ0n) is 15.4. The number of carbonyl (C=O) groups is 1. The monoisotopic (exact) mass is 386 g/mol. The summed E-state index contributed by atoms with van der Waals surface area (Å²) in [5.74, 6) is -0.192. The van der Waals surface area contributed by atoms with Gasteiger partial charge < -0.3 is 14.5 Å². The van der Waals surface area contributed by atoms with Crippen LogP contribution in [-0.4, -0.2) is 69.9 Å². The highest BCUT2D eigenvalue weighted by atomic mass is 16.6. The second kappa shape index (κ2) is 7.93. The summed E-state index contributed by atoms with van der Waals surface area (Å²) in [7, 11) is 0. The van der Waals surface area contributed by atoms with Crippen molar-refractivity contribution in [2.24, 2.45) is 0 Å². The van der Waals surface area contributed by atoms with Crippen molar-refractivity contribution in [3.05, 3.63) is 46.5 Å². The van der Waals surface area contributed by atoms with Crippen molar-refractivity contribution in [2.45, 2.75) is 18.9 Å². The maximum atomic E-state index is 12.7. The lowest BCUT2D eigenvalue weighted by Gasteiger charge is -2.33. The van der Waals surface area contributed by atoms with Gasteiger partial charge in [0.05, 0.1) is 24.2 Å². The Labute approximate surface area is 161 Å². The summed E-state index contributed by atoms with van der Waals surface area (Å²) < 4.78 is 7.11. The van der Waals surface area contributed by atoms with Crippen LogP contribution in [0.1, 0.15) is 29.2 Å². The number of carbonyl (C=O) groups excluding carboxylic acids is 1. The fraction of sp³-hybridized carbons (Fsp3) is 0.500. The van der Waals surface area contributed by atoms with Gasteiger partial charge >= 0.3 is 0 Å². The molecular formula is C18H22N6O4. The van der Waals surface area contributed by atoms with E-state index in [2.05, 4.69) is 10.1 Å².